The molecule has 0 aromatic heterocycles. The van der Waals surface area contributed by atoms with Crippen LogP contribution in [-0.2, 0) is 16.1 Å². The molecule has 1 heterocycles. The Hall–Kier alpha value is -0.910. The van der Waals surface area contributed by atoms with Gasteiger partial charge in [-0.1, -0.05) is 22.0 Å². The maximum Gasteiger partial charge on any atom is 0.335 e. The molecule has 1 aliphatic rings. The number of ether oxygens (including phenoxy) is 2. The molecule has 4 nitrogen and oxygen atoms in total. The molecule has 0 aliphatic carbocycles. The molecular weight excluding hydrogens is 300 g/mol. The minimum atomic E-state index is -0.925. The van der Waals surface area contributed by atoms with Crippen molar-refractivity contribution >= 4 is 21.9 Å². The molecule has 0 bridgehead atoms. The molecule has 0 saturated carbocycles. The first-order valence-corrected chi connectivity index (χ1v) is 6.63. The normalized spacial score (nSPS) is 19.1. The van der Waals surface area contributed by atoms with E-state index in [1.54, 1.807) is 18.2 Å². The van der Waals surface area contributed by atoms with Crippen LogP contribution in [-0.4, -0.2) is 30.9 Å². The molecule has 18 heavy (non-hydrogen) atoms. The molecule has 1 fully saturated rings. The van der Waals surface area contributed by atoms with E-state index in [0.717, 1.165) is 29.7 Å². The molecule has 1 N–H and O–H groups in total. The molecule has 1 saturated heterocycles. The third-order valence-electron chi connectivity index (χ3n) is 2.94. The van der Waals surface area contributed by atoms with E-state index in [1.807, 2.05) is 0 Å². The van der Waals surface area contributed by atoms with Gasteiger partial charge in [0, 0.05) is 17.0 Å². The summed E-state index contributed by atoms with van der Waals surface area (Å²) in [5.74, 6) is -0.437. The predicted molar refractivity (Wildman–Crippen MR) is 69.7 cm³/mol. The first kappa shape index (κ1) is 13.5. The van der Waals surface area contributed by atoms with Crippen molar-refractivity contribution in [1.29, 1.82) is 0 Å². The zero-order chi connectivity index (χ0) is 13.0. The number of carboxylic acid groups (broad SMARTS) is 1. The molecule has 0 radical (unpaired) electrons. The Morgan fingerprint density at radius 1 is 1.56 bits per heavy atom. The molecule has 1 aromatic rings. The summed E-state index contributed by atoms with van der Waals surface area (Å²) in [5, 5.41) is 8.85. The number of carboxylic acids is 1. The van der Waals surface area contributed by atoms with Crippen molar-refractivity contribution in [3.8, 4) is 0 Å². The molecule has 1 unspecified atom stereocenters. The van der Waals surface area contributed by atoms with Gasteiger partial charge < -0.3 is 14.6 Å². The highest BCUT2D eigenvalue weighted by atomic mass is 79.9. The Balaban J connectivity index is 1.87. The first-order valence-electron chi connectivity index (χ1n) is 5.84. The van der Waals surface area contributed by atoms with Crippen molar-refractivity contribution in [2.24, 2.45) is 5.92 Å². The zero-order valence-electron chi connectivity index (χ0n) is 9.89. The number of rotatable bonds is 5. The SMILES string of the molecule is O=C(O)c1ccc(COCC2CCOC2)c(Br)c1. The summed E-state index contributed by atoms with van der Waals surface area (Å²) in [6.07, 6.45) is 1.05. The lowest BCUT2D eigenvalue weighted by atomic mass is 10.1. The van der Waals surface area contributed by atoms with Gasteiger partial charge in [-0.3, -0.25) is 0 Å². The predicted octanol–water partition coefficient (Wildman–Crippen LogP) is 2.70. The minimum absolute atomic E-state index is 0.273. The van der Waals surface area contributed by atoms with E-state index >= 15 is 0 Å². The second-order valence-corrected chi connectivity index (χ2v) is 5.21. The summed E-state index contributed by atoms with van der Waals surface area (Å²) in [5.41, 5.74) is 1.23. The highest BCUT2D eigenvalue weighted by Crippen LogP contribution is 2.20. The third-order valence-corrected chi connectivity index (χ3v) is 3.67. The fourth-order valence-electron chi connectivity index (χ4n) is 1.85. The Morgan fingerprint density at radius 2 is 2.39 bits per heavy atom. The number of hydrogen-bond donors (Lipinski definition) is 1. The number of benzene rings is 1. The summed E-state index contributed by atoms with van der Waals surface area (Å²) in [6.45, 7) is 2.77. The van der Waals surface area contributed by atoms with Crippen molar-refractivity contribution in [3.05, 3.63) is 33.8 Å². The van der Waals surface area contributed by atoms with Gasteiger partial charge in [-0.05, 0) is 24.1 Å². The smallest absolute Gasteiger partial charge is 0.335 e. The van der Waals surface area contributed by atoms with Crippen molar-refractivity contribution in [3.63, 3.8) is 0 Å². The maximum absolute atomic E-state index is 10.8. The van der Waals surface area contributed by atoms with Gasteiger partial charge in [0.25, 0.3) is 0 Å². The van der Waals surface area contributed by atoms with Gasteiger partial charge in [-0.25, -0.2) is 4.79 Å². The highest BCUT2D eigenvalue weighted by Gasteiger charge is 2.15. The van der Waals surface area contributed by atoms with Crippen molar-refractivity contribution in [1.82, 2.24) is 0 Å². The number of halogens is 1. The lowest BCUT2D eigenvalue weighted by Gasteiger charge is -2.10. The molecule has 98 valence electrons. The van der Waals surface area contributed by atoms with E-state index in [2.05, 4.69) is 15.9 Å². The summed E-state index contributed by atoms with van der Waals surface area (Å²) in [6, 6.07) is 4.96. The molecule has 1 atom stereocenters. The Kier molecular flexibility index (Phi) is 4.74. The largest absolute Gasteiger partial charge is 0.478 e. The van der Waals surface area contributed by atoms with E-state index in [1.165, 1.54) is 0 Å². The van der Waals surface area contributed by atoms with Gasteiger partial charge in [-0.2, -0.15) is 0 Å². The molecule has 1 aromatic carbocycles. The zero-order valence-corrected chi connectivity index (χ0v) is 11.5. The quantitative estimate of drug-likeness (QED) is 0.908. The standard InChI is InChI=1S/C13H15BrO4/c14-12-5-10(13(15)16)1-2-11(12)8-18-7-9-3-4-17-6-9/h1-2,5,9H,3-4,6-8H2,(H,15,16). The topological polar surface area (TPSA) is 55.8 Å². The Labute approximate surface area is 114 Å². The summed E-state index contributed by atoms with van der Waals surface area (Å²) in [4.78, 5) is 10.8. The second-order valence-electron chi connectivity index (χ2n) is 4.36. The van der Waals surface area contributed by atoms with Crippen LogP contribution in [0.4, 0.5) is 0 Å². The van der Waals surface area contributed by atoms with Crippen LogP contribution in [0.1, 0.15) is 22.3 Å². The summed E-state index contributed by atoms with van der Waals surface area (Å²) < 4.78 is 11.7. The van der Waals surface area contributed by atoms with Crippen LogP contribution in [0, 0.1) is 5.92 Å². The molecule has 2 rings (SSSR count). The Bertz CT molecular complexity index is 427. The molecular formula is C13H15BrO4. The van der Waals surface area contributed by atoms with Crippen LogP contribution in [0.15, 0.2) is 22.7 Å². The first-order chi connectivity index (χ1) is 8.66. The number of aromatic carboxylic acids is 1. The van der Waals surface area contributed by atoms with E-state index in [4.69, 9.17) is 14.6 Å². The van der Waals surface area contributed by atoms with E-state index in [-0.39, 0.29) is 5.56 Å². The van der Waals surface area contributed by atoms with Gasteiger partial charge in [-0.15, -0.1) is 0 Å². The molecule has 0 spiro atoms. The maximum atomic E-state index is 10.8. The highest BCUT2D eigenvalue weighted by molar-refractivity contribution is 9.10. The summed E-state index contributed by atoms with van der Waals surface area (Å²) in [7, 11) is 0. The third kappa shape index (κ3) is 3.54. The molecule has 0 amide bonds. The van der Waals surface area contributed by atoms with E-state index in [9.17, 15) is 4.79 Å². The van der Waals surface area contributed by atoms with Gasteiger partial charge in [0.1, 0.15) is 0 Å². The van der Waals surface area contributed by atoms with Gasteiger partial charge in [0.15, 0.2) is 0 Å². The number of hydrogen-bond acceptors (Lipinski definition) is 3. The van der Waals surface area contributed by atoms with Crippen LogP contribution >= 0.6 is 15.9 Å². The monoisotopic (exact) mass is 314 g/mol. The van der Waals surface area contributed by atoms with E-state index in [0.29, 0.717) is 19.1 Å². The molecule has 1 aliphatic heterocycles. The van der Waals surface area contributed by atoms with Gasteiger partial charge >= 0.3 is 5.97 Å². The van der Waals surface area contributed by atoms with Gasteiger partial charge in [0.05, 0.1) is 25.4 Å². The van der Waals surface area contributed by atoms with Crippen molar-refractivity contribution in [2.45, 2.75) is 13.0 Å². The fourth-order valence-corrected chi connectivity index (χ4v) is 2.34. The average molecular weight is 315 g/mol. The van der Waals surface area contributed by atoms with E-state index < -0.39 is 5.97 Å². The Morgan fingerprint density at radius 3 is 3.00 bits per heavy atom. The number of carbonyl (C=O) groups is 1. The van der Waals surface area contributed by atoms with Crippen LogP contribution < -0.4 is 0 Å². The van der Waals surface area contributed by atoms with Crippen LogP contribution in [0.5, 0.6) is 0 Å². The fraction of sp³-hybridized carbons (Fsp3) is 0.462. The average Bonchev–Trinajstić information content (AvgIpc) is 2.84. The van der Waals surface area contributed by atoms with Crippen molar-refractivity contribution < 1.29 is 19.4 Å². The van der Waals surface area contributed by atoms with Gasteiger partial charge in [0.2, 0.25) is 0 Å². The minimum Gasteiger partial charge on any atom is -0.478 e. The van der Waals surface area contributed by atoms with Crippen LogP contribution in [0.25, 0.3) is 0 Å². The van der Waals surface area contributed by atoms with Crippen LogP contribution in [0.3, 0.4) is 0 Å². The lowest BCUT2D eigenvalue weighted by Crippen LogP contribution is -2.09. The molecule has 5 heteroatoms. The van der Waals surface area contributed by atoms with Crippen LogP contribution in [0.2, 0.25) is 0 Å². The second kappa shape index (κ2) is 6.31. The van der Waals surface area contributed by atoms with Crippen molar-refractivity contribution in [2.75, 3.05) is 19.8 Å². The summed E-state index contributed by atoms with van der Waals surface area (Å²) >= 11 is 3.36. The lowest BCUT2D eigenvalue weighted by molar-refractivity contribution is 0.0695.